The van der Waals surface area contributed by atoms with E-state index in [4.69, 9.17) is 9.84 Å². The highest BCUT2D eigenvalue weighted by molar-refractivity contribution is 5.91. The van der Waals surface area contributed by atoms with E-state index in [0.29, 0.717) is 11.4 Å². The van der Waals surface area contributed by atoms with Crippen molar-refractivity contribution in [3.63, 3.8) is 0 Å². The molecule has 6 heteroatoms. The van der Waals surface area contributed by atoms with Crippen molar-refractivity contribution in [3.8, 4) is 5.75 Å². The lowest BCUT2D eigenvalue weighted by Crippen LogP contribution is -2.33. The lowest BCUT2D eigenvalue weighted by atomic mass is 10.0. The summed E-state index contributed by atoms with van der Waals surface area (Å²) in [6, 6.07) is 13.3. The Labute approximate surface area is 140 Å². The van der Waals surface area contributed by atoms with E-state index in [1.807, 2.05) is 31.2 Å². The molecular formula is C18H20N2O4. The Morgan fingerprint density at radius 3 is 2.42 bits per heavy atom. The second kappa shape index (κ2) is 8.01. The second-order valence-electron chi connectivity index (χ2n) is 5.36. The number of hydrogen-bond donors (Lipinski definition) is 3. The number of ether oxygens (including phenoxy) is 1. The quantitative estimate of drug-likeness (QED) is 0.759. The molecule has 126 valence electrons. The van der Waals surface area contributed by atoms with Gasteiger partial charge in [-0.25, -0.2) is 4.79 Å². The van der Waals surface area contributed by atoms with Crippen LogP contribution in [0.4, 0.5) is 10.5 Å². The van der Waals surface area contributed by atoms with Crippen LogP contribution in [0.2, 0.25) is 0 Å². The molecule has 0 heterocycles. The number of aliphatic carboxylic acids is 1. The van der Waals surface area contributed by atoms with Crippen LogP contribution in [-0.2, 0) is 4.79 Å². The number of carbonyl (C=O) groups excluding carboxylic acids is 1. The summed E-state index contributed by atoms with van der Waals surface area (Å²) < 4.78 is 5.18. The summed E-state index contributed by atoms with van der Waals surface area (Å²) in [5.74, 6) is -0.462. The number of carboxylic acid groups (broad SMARTS) is 1. The van der Waals surface area contributed by atoms with Gasteiger partial charge in [0, 0.05) is 0 Å². The third-order valence-electron chi connectivity index (χ3n) is 3.52. The zero-order chi connectivity index (χ0) is 17.5. The summed E-state index contributed by atoms with van der Waals surface area (Å²) >= 11 is 0. The Hall–Kier alpha value is -3.02. The van der Waals surface area contributed by atoms with E-state index in [2.05, 4.69) is 10.6 Å². The molecule has 2 aromatic carbocycles. The highest BCUT2D eigenvalue weighted by Crippen LogP contribution is 2.23. The first-order chi connectivity index (χ1) is 11.5. The lowest BCUT2D eigenvalue weighted by Gasteiger charge is -2.19. The molecule has 0 aliphatic rings. The molecule has 0 radical (unpaired) electrons. The third-order valence-corrected chi connectivity index (χ3v) is 3.52. The molecule has 0 spiro atoms. The van der Waals surface area contributed by atoms with Gasteiger partial charge in [0.05, 0.1) is 25.3 Å². The lowest BCUT2D eigenvalue weighted by molar-refractivity contribution is -0.137. The van der Waals surface area contributed by atoms with Gasteiger partial charge in [-0.15, -0.1) is 0 Å². The highest BCUT2D eigenvalue weighted by atomic mass is 16.5. The monoisotopic (exact) mass is 328 g/mol. The fourth-order valence-electron chi connectivity index (χ4n) is 2.29. The minimum Gasteiger partial charge on any atom is -0.495 e. The Morgan fingerprint density at radius 1 is 1.12 bits per heavy atom. The fourth-order valence-corrected chi connectivity index (χ4v) is 2.29. The minimum atomic E-state index is -0.988. The molecule has 0 aliphatic carbocycles. The van der Waals surface area contributed by atoms with Crippen molar-refractivity contribution in [1.29, 1.82) is 0 Å². The summed E-state index contributed by atoms with van der Waals surface area (Å²) in [7, 11) is 1.51. The third kappa shape index (κ3) is 4.74. The van der Waals surface area contributed by atoms with Crippen LogP contribution in [-0.4, -0.2) is 24.2 Å². The van der Waals surface area contributed by atoms with Gasteiger partial charge in [0.15, 0.2) is 0 Å². The van der Waals surface area contributed by atoms with Crippen LogP contribution in [0.5, 0.6) is 5.75 Å². The number of carboxylic acids is 1. The molecule has 6 nitrogen and oxygen atoms in total. The summed E-state index contributed by atoms with van der Waals surface area (Å²) in [5.41, 5.74) is 2.31. The average molecular weight is 328 g/mol. The number of methoxy groups -OCH3 is 1. The molecular weight excluding hydrogens is 308 g/mol. The topological polar surface area (TPSA) is 87.7 Å². The van der Waals surface area contributed by atoms with E-state index in [0.717, 1.165) is 11.1 Å². The standard InChI is InChI=1S/C18H20N2O4/c1-12-7-9-13(10-8-12)15(11-17(21)22)20-18(23)19-14-5-3-4-6-16(14)24-2/h3-10,15H,11H2,1-2H3,(H,21,22)(H2,19,20,23)/t15-/m0/s1. The molecule has 0 fully saturated rings. The molecule has 1 atom stereocenters. The maximum Gasteiger partial charge on any atom is 0.319 e. The van der Waals surface area contributed by atoms with Crippen molar-refractivity contribution < 1.29 is 19.4 Å². The smallest absolute Gasteiger partial charge is 0.319 e. The number of rotatable bonds is 6. The number of amides is 2. The second-order valence-corrected chi connectivity index (χ2v) is 5.36. The number of nitrogens with one attached hydrogen (secondary N) is 2. The highest BCUT2D eigenvalue weighted by Gasteiger charge is 2.18. The molecule has 0 aliphatic heterocycles. The van der Waals surface area contributed by atoms with Gasteiger partial charge >= 0.3 is 12.0 Å². The van der Waals surface area contributed by atoms with Crippen molar-refractivity contribution in [2.45, 2.75) is 19.4 Å². The first-order valence-electron chi connectivity index (χ1n) is 7.48. The summed E-state index contributed by atoms with van der Waals surface area (Å²) in [6.45, 7) is 1.94. The number of anilines is 1. The van der Waals surface area contributed by atoms with E-state index < -0.39 is 18.0 Å². The minimum absolute atomic E-state index is 0.206. The van der Waals surface area contributed by atoms with Gasteiger partial charge in [-0.05, 0) is 24.6 Å². The molecule has 0 aromatic heterocycles. The van der Waals surface area contributed by atoms with Crippen molar-refractivity contribution in [2.75, 3.05) is 12.4 Å². The van der Waals surface area contributed by atoms with E-state index in [-0.39, 0.29) is 6.42 Å². The Morgan fingerprint density at radius 2 is 1.79 bits per heavy atom. The Bertz CT molecular complexity index is 713. The molecule has 0 unspecified atom stereocenters. The molecule has 2 rings (SSSR count). The molecule has 2 amide bonds. The predicted octanol–water partition coefficient (Wildman–Crippen LogP) is 3.34. The van der Waals surface area contributed by atoms with Crippen LogP contribution in [0.3, 0.4) is 0 Å². The van der Waals surface area contributed by atoms with Crippen molar-refractivity contribution >= 4 is 17.7 Å². The van der Waals surface area contributed by atoms with Crippen molar-refractivity contribution in [1.82, 2.24) is 5.32 Å². The van der Waals surface area contributed by atoms with Gasteiger partial charge in [0.1, 0.15) is 5.75 Å². The molecule has 3 N–H and O–H groups in total. The normalized spacial score (nSPS) is 11.4. The summed E-state index contributed by atoms with van der Waals surface area (Å²) in [6.07, 6.45) is -0.206. The zero-order valence-corrected chi connectivity index (χ0v) is 13.6. The average Bonchev–Trinajstić information content (AvgIpc) is 2.55. The zero-order valence-electron chi connectivity index (χ0n) is 13.6. The molecule has 0 bridgehead atoms. The number of benzene rings is 2. The number of aryl methyl sites for hydroxylation is 1. The van der Waals surface area contributed by atoms with Gasteiger partial charge in [-0.3, -0.25) is 4.79 Å². The van der Waals surface area contributed by atoms with Crippen molar-refractivity contribution in [2.24, 2.45) is 0 Å². The van der Waals surface area contributed by atoms with Crippen LogP contribution in [0.1, 0.15) is 23.6 Å². The van der Waals surface area contributed by atoms with Crippen LogP contribution < -0.4 is 15.4 Å². The van der Waals surface area contributed by atoms with Crippen molar-refractivity contribution in [3.05, 3.63) is 59.7 Å². The summed E-state index contributed by atoms with van der Waals surface area (Å²) in [4.78, 5) is 23.3. The van der Waals surface area contributed by atoms with Gasteiger partial charge < -0.3 is 20.5 Å². The largest absolute Gasteiger partial charge is 0.495 e. The maximum atomic E-state index is 12.2. The molecule has 0 saturated heterocycles. The van der Waals surface area contributed by atoms with E-state index in [1.54, 1.807) is 24.3 Å². The van der Waals surface area contributed by atoms with Crippen LogP contribution in [0, 0.1) is 6.92 Å². The Kier molecular flexibility index (Phi) is 5.78. The fraction of sp³-hybridized carbons (Fsp3) is 0.222. The van der Waals surface area contributed by atoms with E-state index in [9.17, 15) is 9.59 Å². The first kappa shape index (κ1) is 17.3. The van der Waals surface area contributed by atoms with Crippen LogP contribution >= 0.6 is 0 Å². The van der Waals surface area contributed by atoms with E-state index >= 15 is 0 Å². The molecule has 0 saturated carbocycles. The number of para-hydroxylation sites is 2. The number of hydrogen-bond acceptors (Lipinski definition) is 3. The number of urea groups is 1. The van der Waals surface area contributed by atoms with Gasteiger partial charge in [0.25, 0.3) is 0 Å². The maximum absolute atomic E-state index is 12.2. The SMILES string of the molecule is COc1ccccc1NC(=O)N[C@@H](CC(=O)O)c1ccc(C)cc1. The van der Waals surface area contributed by atoms with Gasteiger partial charge in [-0.1, -0.05) is 42.0 Å². The van der Waals surface area contributed by atoms with Crippen LogP contribution in [0.15, 0.2) is 48.5 Å². The predicted molar refractivity (Wildman–Crippen MR) is 91.3 cm³/mol. The van der Waals surface area contributed by atoms with Crippen LogP contribution in [0.25, 0.3) is 0 Å². The molecule has 2 aromatic rings. The first-order valence-corrected chi connectivity index (χ1v) is 7.48. The van der Waals surface area contributed by atoms with Gasteiger partial charge in [0.2, 0.25) is 0 Å². The Balaban J connectivity index is 2.12. The number of carbonyl (C=O) groups is 2. The van der Waals surface area contributed by atoms with Gasteiger partial charge in [-0.2, -0.15) is 0 Å². The van der Waals surface area contributed by atoms with E-state index in [1.165, 1.54) is 7.11 Å². The molecule has 24 heavy (non-hydrogen) atoms. The summed E-state index contributed by atoms with van der Waals surface area (Å²) in [5, 5.41) is 14.5.